The van der Waals surface area contributed by atoms with Gasteiger partial charge in [-0.25, -0.2) is 0 Å². The third kappa shape index (κ3) is 7.45. The maximum atomic E-state index is 15.9. The van der Waals surface area contributed by atoms with Gasteiger partial charge in [-0.15, -0.1) is 0 Å². The van der Waals surface area contributed by atoms with E-state index >= 15 is 9.13 Å². The van der Waals surface area contributed by atoms with E-state index in [4.69, 9.17) is 0 Å². The molecule has 5 aromatic carbocycles. The average molecular weight is 703 g/mol. The minimum atomic E-state index is -3.38. The van der Waals surface area contributed by atoms with E-state index in [0.717, 1.165) is 21.2 Å². The lowest BCUT2D eigenvalue weighted by atomic mass is 9.87. The van der Waals surface area contributed by atoms with E-state index in [2.05, 4.69) is 132 Å². The monoisotopic (exact) mass is 702 g/mol. The minimum Gasteiger partial charge on any atom is -0.309 e. The molecule has 262 valence electrons. The van der Waals surface area contributed by atoms with Crippen molar-refractivity contribution in [2.24, 2.45) is 0 Å². The molecule has 0 N–H and O–H groups in total. The lowest BCUT2D eigenvalue weighted by molar-refractivity contribution is 0.587. The van der Waals surface area contributed by atoms with Gasteiger partial charge in [-0.3, -0.25) is 0 Å². The van der Waals surface area contributed by atoms with Crippen LogP contribution in [0.15, 0.2) is 121 Å². The Morgan fingerprint density at radius 3 is 0.680 bits per heavy atom. The molecular formula is C46H56O2P2. The van der Waals surface area contributed by atoms with E-state index in [1.54, 1.807) is 0 Å². The van der Waals surface area contributed by atoms with Crippen LogP contribution in [0.3, 0.4) is 0 Å². The molecule has 0 aromatic heterocycles. The third-order valence-corrected chi connectivity index (χ3v) is 16.1. The van der Waals surface area contributed by atoms with Gasteiger partial charge in [0.05, 0.1) is 0 Å². The Balaban J connectivity index is 1.76. The van der Waals surface area contributed by atoms with Crippen molar-refractivity contribution in [3.63, 3.8) is 0 Å². The van der Waals surface area contributed by atoms with Crippen molar-refractivity contribution in [3.8, 4) is 0 Å². The highest BCUT2D eigenvalue weighted by Gasteiger charge is 2.35. The Morgan fingerprint density at radius 2 is 0.500 bits per heavy atom. The van der Waals surface area contributed by atoms with Crippen LogP contribution in [0.5, 0.6) is 0 Å². The molecule has 0 saturated heterocycles. The fourth-order valence-electron chi connectivity index (χ4n) is 6.46. The summed E-state index contributed by atoms with van der Waals surface area (Å²) in [7, 11) is -6.76. The van der Waals surface area contributed by atoms with Gasteiger partial charge in [-0.1, -0.05) is 198 Å². The summed E-state index contributed by atoms with van der Waals surface area (Å²) in [6.45, 7) is 26.3. The van der Waals surface area contributed by atoms with Gasteiger partial charge in [0, 0.05) is 31.8 Å². The van der Waals surface area contributed by atoms with E-state index in [1.807, 2.05) is 72.8 Å². The van der Waals surface area contributed by atoms with E-state index in [9.17, 15) is 0 Å². The second kappa shape index (κ2) is 13.3. The first-order valence-corrected chi connectivity index (χ1v) is 21.2. The van der Waals surface area contributed by atoms with E-state index < -0.39 is 14.3 Å². The summed E-state index contributed by atoms with van der Waals surface area (Å²) >= 11 is 0. The van der Waals surface area contributed by atoms with Crippen LogP contribution in [0.1, 0.15) is 105 Å². The molecule has 0 aliphatic heterocycles. The zero-order valence-corrected chi connectivity index (χ0v) is 34.0. The summed E-state index contributed by atoms with van der Waals surface area (Å²) in [4.78, 5) is 0. The molecule has 0 atom stereocenters. The van der Waals surface area contributed by atoms with Crippen LogP contribution in [-0.2, 0) is 30.8 Å². The summed E-state index contributed by atoms with van der Waals surface area (Å²) in [6.07, 6.45) is 0. The Morgan fingerprint density at radius 1 is 0.300 bits per heavy atom. The Bertz CT molecular complexity index is 1770. The van der Waals surface area contributed by atoms with Crippen molar-refractivity contribution >= 4 is 46.1 Å². The Hall–Kier alpha value is -3.44. The second-order valence-electron chi connectivity index (χ2n) is 17.9. The van der Waals surface area contributed by atoms with E-state index in [0.29, 0.717) is 10.6 Å². The molecule has 0 aliphatic carbocycles. The molecule has 5 aromatic rings. The van der Waals surface area contributed by atoms with Gasteiger partial charge in [0.15, 0.2) is 14.3 Å². The SMILES string of the molecule is CC(C)(C)c1ccc(P(=O)(c2ccc(C(C)(C)C)cc2)c2cccc(P(=O)(c3ccc(C(C)(C)C)cc3)c3ccc(C(C)(C)C)cc3)c2)cc1. The highest BCUT2D eigenvalue weighted by Crippen LogP contribution is 2.47. The van der Waals surface area contributed by atoms with Gasteiger partial charge in [-0.05, 0) is 50.0 Å². The molecule has 5 rings (SSSR count). The summed E-state index contributed by atoms with van der Waals surface area (Å²) in [5, 5.41) is 4.44. The average Bonchev–Trinajstić information content (AvgIpc) is 3.06. The predicted octanol–water partition coefficient (Wildman–Crippen LogP) is 10.2. The molecule has 0 bridgehead atoms. The van der Waals surface area contributed by atoms with Crippen LogP contribution in [0.4, 0.5) is 0 Å². The zero-order chi connectivity index (χ0) is 36.9. The molecular weight excluding hydrogens is 646 g/mol. The molecule has 50 heavy (non-hydrogen) atoms. The topological polar surface area (TPSA) is 34.1 Å². The fourth-order valence-corrected chi connectivity index (χ4v) is 11.9. The summed E-state index contributed by atoms with van der Waals surface area (Å²) < 4.78 is 31.8. The normalized spacial score (nSPS) is 13.4. The van der Waals surface area contributed by atoms with Gasteiger partial charge in [-0.2, -0.15) is 0 Å². The molecule has 0 heterocycles. The summed E-state index contributed by atoms with van der Waals surface area (Å²) in [5.74, 6) is 0. The van der Waals surface area contributed by atoms with Gasteiger partial charge >= 0.3 is 0 Å². The molecule has 2 nitrogen and oxygen atoms in total. The van der Waals surface area contributed by atoms with Crippen molar-refractivity contribution < 1.29 is 9.13 Å². The minimum absolute atomic E-state index is 0.0332. The van der Waals surface area contributed by atoms with Gasteiger partial charge in [0.1, 0.15) is 0 Å². The van der Waals surface area contributed by atoms with Crippen LogP contribution in [-0.4, -0.2) is 0 Å². The van der Waals surface area contributed by atoms with E-state index in [1.165, 1.54) is 22.3 Å². The molecule has 0 radical (unpaired) electrons. The quantitative estimate of drug-likeness (QED) is 0.165. The van der Waals surface area contributed by atoms with Gasteiger partial charge in [0.25, 0.3) is 0 Å². The number of hydrogen-bond donors (Lipinski definition) is 0. The van der Waals surface area contributed by atoms with Crippen molar-refractivity contribution in [1.82, 2.24) is 0 Å². The van der Waals surface area contributed by atoms with Gasteiger partial charge < -0.3 is 9.13 Å². The lowest BCUT2D eigenvalue weighted by Gasteiger charge is -2.27. The number of benzene rings is 5. The van der Waals surface area contributed by atoms with Crippen LogP contribution in [0.2, 0.25) is 0 Å². The number of hydrogen-bond acceptors (Lipinski definition) is 2. The summed E-state index contributed by atoms with van der Waals surface area (Å²) in [5.41, 5.74) is 4.61. The van der Waals surface area contributed by atoms with Crippen LogP contribution in [0, 0.1) is 0 Å². The first-order chi connectivity index (χ1) is 23.1. The van der Waals surface area contributed by atoms with Crippen molar-refractivity contribution in [2.75, 3.05) is 0 Å². The maximum absolute atomic E-state index is 15.9. The smallest absolute Gasteiger partial charge is 0.171 e. The first kappa shape index (κ1) is 37.8. The highest BCUT2D eigenvalue weighted by atomic mass is 31.2. The molecule has 0 unspecified atom stereocenters. The second-order valence-corrected chi connectivity index (χ2v) is 23.5. The zero-order valence-electron chi connectivity index (χ0n) is 32.3. The Labute approximate surface area is 302 Å². The van der Waals surface area contributed by atoms with Crippen molar-refractivity contribution in [1.29, 1.82) is 0 Å². The molecule has 0 amide bonds. The van der Waals surface area contributed by atoms with Crippen molar-refractivity contribution in [2.45, 2.75) is 105 Å². The lowest BCUT2D eigenvalue weighted by Crippen LogP contribution is -2.31. The standard InChI is InChI=1S/C46H56O2P2/c1-43(2,3)33-16-24-37(25-17-33)49(47,38-26-18-34(19-27-38)44(4,5)6)41-14-13-15-42(32-41)50(48,39-28-20-35(21-29-39)45(7,8)9)40-30-22-36(23-31-40)46(10,11)12/h13-32H,1-12H3. The molecule has 0 fully saturated rings. The molecule has 0 aliphatic rings. The largest absolute Gasteiger partial charge is 0.309 e. The third-order valence-electron chi connectivity index (χ3n) is 9.94. The molecule has 0 saturated carbocycles. The molecule has 4 heteroatoms. The fraction of sp³-hybridized carbons (Fsp3) is 0.348. The maximum Gasteiger partial charge on any atom is 0.171 e. The molecule has 0 spiro atoms. The highest BCUT2D eigenvalue weighted by molar-refractivity contribution is 7.86. The van der Waals surface area contributed by atoms with Gasteiger partial charge in [0.2, 0.25) is 0 Å². The van der Waals surface area contributed by atoms with E-state index in [-0.39, 0.29) is 21.7 Å². The first-order valence-electron chi connectivity index (χ1n) is 17.8. The number of rotatable bonds is 6. The van der Waals surface area contributed by atoms with Crippen LogP contribution >= 0.6 is 14.3 Å². The summed E-state index contributed by atoms with van der Waals surface area (Å²) in [6, 6.07) is 40.9. The predicted molar refractivity (Wildman–Crippen MR) is 220 cm³/mol. The van der Waals surface area contributed by atoms with Crippen molar-refractivity contribution in [3.05, 3.63) is 144 Å². The van der Waals surface area contributed by atoms with Crippen LogP contribution < -0.4 is 31.8 Å². The Kier molecular flexibility index (Phi) is 10.0. The van der Waals surface area contributed by atoms with Crippen LogP contribution in [0.25, 0.3) is 0 Å².